The lowest BCUT2D eigenvalue weighted by atomic mass is 10.1. The van der Waals surface area contributed by atoms with Crippen LogP contribution in [-0.4, -0.2) is 75.3 Å². The summed E-state index contributed by atoms with van der Waals surface area (Å²) in [6.45, 7) is 26.0. The highest BCUT2D eigenvalue weighted by molar-refractivity contribution is 6.91. The molecule has 0 aliphatic heterocycles. The van der Waals surface area contributed by atoms with E-state index in [0.717, 1.165) is 48.9 Å². The van der Waals surface area contributed by atoms with Gasteiger partial charge in [-0.2, -0.15) is 0 Å². The normalized spacial score (nSPS) is 13.6. The van der Waals surface area contributed by atoms with Gasteiger partial charge in [-0.1, -0.05) is 12.1 Å². The van der Waals surface area contributed by atoms with E-state index < -0.39 is 50.9 Å². The first-order valence-electron chi connectivity index (χ1n) is 16.6. The zero-order valence-corrected chi connectivity index (χ0v) is 37.5. The van der Waals surface area contributed by atoms with Crippen LogP contribution in [0.3, 0.4) is 0 Å². The molecule has 0 amide bonds. The molecular formula is C32H62O9Si6. The van der Waals surface area contributed by atoms with E-state index in [0.29, 0.717) is 11.5 Å². The summed E-state index contributed by atoms with van der Waals surface area (Å²) in [7, 11) is -11.1. The summed E-state index contributed by atoms with van der Waals surface area (Å²) in [4.78, 5) is 0. The molecule has 0 aliphatic carbocycles. The first-order valence-corrected chi connectivity index (χ1v) is 34.1. The summed E-state index contributed by atoms with van der Waals surface area (Å²) >= 11 is 0. The van der Waals surface area contributed by atoms with Gasteiger partial charge in [-0.25, -0.2) is 0 Å². The van der Waals surface area contributed by atoms with E-state index in [4.69, 9.17) is 30.0 Å². The van der Waals surface area contributed by atoms with Gasteiger partial charge in [0.15, 0.2) is 39.6 Å². The van der Waals surface area contributed by atoms with Crippen molar-refractivity contribution in [3.05, 3.63) is 47.5 Å². The van der Waals surface area contributed by atoms with Crippen molar-refractivity contribution in [1.29, 1.82) is 0 Å². The van der Waals surface area contributed by atoms with Gasteiger partial charge in [0.2, 0.25) is 0 Å². The Morgan fingerprint density at radius 3 is 1.06 bits per heavy atom. The fourth-order valence-corrected chi connectivity index (χ4v) is 36.4. The molecule has 2 rings (SSSR count). The molecule has 268 valence electrons. The average molecular weight is 759 g/mol. The van der Waals surface area contributed by atoms with Gasteiger partial charge in [-0.3, -0.25) is 0 Å². The Bertz CT molecular complexity index is 1200. The van der Waals surface area contributed by atoms with Crippen LogP contribution >= 0.6 is 0 Å². The van der Waals surface area contributed by atoms with Crippen molar-refractivity contribution in [3.8, 4) is 23.0 Å². The molecule has 0 fully saturated rings. The highest BCUT2D eigenvalue weighted by Crippen LogP contribution is 2.32. The first-order chi connectivity index (χ1) is 21.4. The van der Waals surface area contributed by atoms with Gasteiger partial charge < -0.3 is 40.3 Å². The molecule has 0 saturated heterocycles. The Hall–Kier alpha value is -1.26. The van der Waals surface area contributed by atoms with E-state index in [2.05, 4.69) is 78.6 Å². The number of phenolic OH excluding ortho intramolecular Hbond substituents is 2. The molecule has 0 atom stereocenters. The van der Waals surface area contributed by atoms with Crippen LogP contribution in [0.1, 0.15) is 24.0 Å². The second kappa shape index (κ2) is 16.6. The Morgan fingerprint density at radius 1 is 0.468 bits per heavy atom. The van der Waals surface area contributed by atoms with Gasteiger partial charge >= 0.3 is 34.2 Å². The molecule has 0 heterocycles. The van der Waals surface area contributed by atoms with Crippen LogP contribution in [0.4, 0.5) is 0 Å². The van der Waals surface area contributed by atoms with Crippen molar-refractivity contribution < 1.29 is 40.3 Å². The Balaban J connectivity index is 1.90. The summed E-state index contributed by atoms with van der Waals surface area (Å²) in [5.41, 5.74) is 2.28. The lowest BCUT2D eigenvalue weighted by molar-refractivity contribution is 0.281. The quantitative estimate of drug-likeness (QED) is 0.128. The number of methoxy groups -OCH3 is 2. The van der Waals surface area contributed by atoms with Crippen LogP contribution in [0.2, 0.25) is 90.7 Å². The third-order valence-electron chi connectivity index (χ3n) is 7.50. The molecule has 0 spiro atoms. The van der Waals surface area contributed by atoms with E-state index in [1.165, 1.54) is 0 Å². The highest BCUT2D eigenvalue weighted by Gasteiger charge is 2.47. The second-order valence-corrected chi connectivity index (χ2v) is 38.7. The molecule has 0 aromatic heterocycles. The van der Waals surface area contributed by atoms with E-state index in [1.807, 2.05) is 24.3 Å². The third kappa shape index (κ3) is 15.4. The van der Waals surface area contributed by atoms with Crippen molar-refractivity contribution in [2.24, 2.45) is 0 Å². The van der Waals surface area contributed by atoms with E-state index in [-0.39, 0.29) is 11.5 Å². The Kier molecular flexibility index (Phi) is 14.8. The second-order valence-electron chi connectivity index (χ2n) is 15.3. The third-order valence-corrected chi connectivity index (χ3v) is 30.8. The maximum atomic E-state index is 9.89. The zero-order valence-electron chi connectivity index (χ0n) is 31.5. The predicted molar refractivity (Wildman–Crippen MR) is 206 cm³/mol. The van der Waals surface area contributed by atoms with Gasteiger partial charge in [0.1, 0.15) is 0 Å². The van der Waals surface area contributed by atoms with Crippen LogP contribution in [0, 0.1) is 0 Å². The van der Waals surface area contributed by atoms with Crippen LogP contribution in [-0.2, 0) is 33.4 Å². The molecule has 0 radical (unpaired) electrons. The number of hydrogen-bond donors (Lipinski definition) is 2. The van der Waals surface area contributed by atoms with Crippen LogP contribution in [0.5, 0.6) is 23.0 Å². The smallest absolute Gasteiger partial charge is 0.314 e. The Morgan fingerprint density at radius 2 is 0.766 bits per heavy atom. The minimum absolute atomic E-state index is 0.161. The molecule has 47 heavy (non-hydrogen) atoms. The van der Waals surface area contributed by atoms with E-state index in [1.54, 1.807) is 26.4 Å². The molecule has 2 N–H and O–H groups in total. The fraction of sp³-hybridized carbons (Fsp3) is 0.625. The van der Waals surface area contributed by atoms with E-state index in [9.17, 15) is 10.2 Å². The number of benzene rings is 2. The molecule has 2 aromatic carbocycles. The van der Waals surface area contributed by atoms with Crippen molar-refractivity contribution in [3.63, 3.8) is 0 Å². The monoisotopic (exact) mass is 758 g/mol. The van der Waals surface area contributed by atoms with Crippen molar-refractivity contribution in [2.45, 2.75) is 116 Å². The van der Waals surface area contributed by atoms with Gasteiger partial charge in [-0.15, -0.1) is 0 Å². The minimum atomic E-state index is -2.59. The largest absolute Gasteiger partial charge is 0.504 e. The molecule has 0 unspecified atom stereocenters. The molecule has 15 heteroatoms. The summed E-state index contributed by atoms with van der Waals surface area (Å²) < 4.78 is 44.5. The molecule has 0 saturated carbocycles. The van der Waals surface area contributed by atoms with Gasteiger partial charge in [0, 0.05) is 0 Å². The molecule has 9 nitrogen and oxygen atoms in total. The van der Waals surface area contributed by atoms with Crippen molar-refractivity contribution >= 4 is 50.9 Å². The maximum absolute atomic E-state index is 9.89. The SMILES string of the molecule is COc1cc(CCC[Si](C)(C)O[Si](C)(C)O[Si](C)(C)O[Si](C)(C)O[Si](C)(C)O[Si](C)(C)CCCc2ccc(O)c(OC)c2)ccc1O. The molecule has 0 bridgehead atoms. The summed E-state index contributed by atoms with van der Waals surface area (Å²) in [6, 6.07) is 13.1. The predicted octanol–water partition coefficient (Wildman–Crippen LogP) is 8.98. The Labute approximate surface area is 291 Å². The number of aromatic hydroxyl groups is 2. The number of ether oxygens (including phenoxy) is 2. The molecular weight excluding hydrogens is 697 g/mol. The molecule has 2 aromatic rings. The average Bonchev–Trinajstić information content (AvgIpc) is 2.86. The summed E-state index contributed by atoms with van der Waals surface area (Å²) in [5.74, 6) is 1.34. The number of aryl methyl sites for hydroxylation is 2. The topological polar surface area (TPSA) is 105 Å². The maximum Gasteiger partial charge on any atom is 0.314 e. The lowest BCUT2D eigenvalue weighted by Gasteiger charge is -2.43. The first kappa shape index (κ1) is 41.9. The number of hydrogen-bond acceptors (Lipinski definition) is 9. The summed E-state index contributed by atoms with van der Waals surface area (Å²) in [6.07, 6.45) is 3.78. The highest BCUT2D eigenvalue weighted by atomic mass is 28.5. The van der Waals surface area contributed by atoms with Gasteiger partial charge in [-0.05, 0) is 152 Å². The van der Waals surface area contributed by atoms with Gasteiger partial charge in [0.05, 0.1) is 14.2 Å². The van der Waals surface area contributed by atoms with Crippen molar-refractivity contribution in [1.82, 2.24) is 0 Å². The standard InChI is InChI=1S/C32H62O9Si6/c1-35-31-25-27(19-21-29(31)33)17-15-23-42(3,4)37-44(7,8)39-46(11,12)41-47(13,14)40-45(9,10)38-43(5,6)24-16-18-28-20-22-30(34)32(26-28)36-2/h19-22,25-26,33-34H,15-18,23-24H2,1-14H3. The fourth-order valence-electron chi connectivity index (χ4n) is 6.48. The number of rotatable bonds is 20. The lowest BCUT2D eigenvalue weighted by Crippen LogP contribution is -2.60. The van der Waals surface area contributed by atoms with Crippen LogP contribution < -0.4 is 9.47 Å². The minimum Gasteiger partial charge on any atom is -0.504 e. The zero-order chi connectivity index (χ0) is 35.9. The number of phenols is 2. The van der Waals surface area contributed by atoms with E-state index >= 15 is 0 Å². The van der Waals surface area contributed by atoms with Crippen molar-refractivity contribution in [2.75, 3.05) is 14.2 Å². The van der Waals surface area contributed by atoms with Gasteiger partial charge in [0.25, 0.3) is 0 Å². The molecule has 0 aliphatic rings. The summed E-state index contributed by atoms with van der Waals surface area (Å²) in [5, 5.41) is 19.8. The van der Waals surface area contributed by atoms with Crippen LogP contribution in [0.25, 0.3) is 0 Å². The van der Waals surface area contributed by atoms with Crippen LogP contribution in [0.15, 0.2) is 36.4 Å².